The van der Waals surface area contributed by atoms with Gasteiger partial charge in [-0.1, -0.05) is 0 Å². The number of hydrogen-bond donors (Lipinski definition) is 0. The maximum Gasteiger partial charge on any atom is 0.261 e. The van der Waals surface area contributed by atoms with E-state index in [2.05, 4.69) is 0 Å². The van der Waals surface area contributed by atoms with Crippen molar-refractivity contribution < 1.29 is 22.8 Å². The molecule has 0 saturated carbocycles. The van der Waals surface area contributed by atoms with Crippen LogP contribution < -0.4 is 0 Å². The molecule has 1 saturated heterocycles. The zero-order valence-corrected chi connectivity index (χ0v) is 17.5. The number of sulfonamides is 1. The minimum atomic E-state index is -3.56. The van der Waals surface area contributed by atoms with Crippen molar-refractivity contribution in [1.29, 1.82) is 0 Å². The largest absolute Gasteiger partial charge is 0.336 e. The number of thiophene rings is 1. The molecule has 0 unspecified atom stereocenters. The molecule has 1 aromatic heterocycles. The molecule has 4 rings (SSSR count). The first-order valence-electron chi connectivity index (χ1n) is 9.02. The molecule has 0 aliphatic carbocycles. The summed E-state index contributed by atoms with van der Waals surface area (Å²) in [5.74, 6) is -1.10. The van der Waals surface area contributed by atoms with E-state index >= 15 is 0 Å². The van der Waals surface area contributed by atoms with Crippen molar-refractivity contribution in [3.63, 3.8) is 0 Å². The molecule has 3 heterocycles. The number of imide groups is 1. The smallest absolute Gasteiger partial charge is 0.261 e. The molecule has 0 radical (unpaired) electrons. The van der Waals surface area contributed by atoms with E-state index in [1.165, 1.54) is 40.9 Å². The Kier molecular flexibility index (Phi) is 4.80. The Bertz CT molecular complexity index is 1130. The lowest BCUT2D eigenvalue weighted by Gasteiger charge is -2.33. The van der Waals surface area contributed by atoms with Crippen LogP contribution in [0.25, 0.3) is 0 Å². The molecule has 10 heteroatoms. The Balaban J connectivity index is 1.48. The van der Waals surface area contributed by atoms with Gasteiger partial charge in [0.25, 0.3) is 27.7 Å². The van der Waals surface area contributed by atoms with Crippen molar-refractivity contribution in [1.82, 2.24) is 14.1 Å². The Hall–Kier alpha value is -2.56. The Morgan fingerprint density at radius 3 is 2.24 bits per heavy atom. The van der Waals surface area contributed by atoms with E-state index in [0.29, 0.717) is 9.77 Å². The molecule has 0 spiro atoms. The molecule has 2 aliphatic rings. The molecule has 29 heavy (non-hydrogen) atoms. The zero-order chi connectivity index (χ0) is 20.9. The van der Waals surface area contributed by atoms with Gasteiger partial charge in [-0.2, -0.15) is 4.31 Å². The third-order valence-corrected chi connectivity index (χ3v) is 8.54. The number of benzene rings is 1. The highest BCUT2D eigenvalue weighted by molar-refractivity contribution is 7.91. The van der Waals surface area contributed by atoms with Gasteiger partial charge in [0.1, 0.15) is 4.21 Å². The summed E-state index contributed by atoms with van der Waals surface area (Å²) >= 11 is 1.23. The van der Waals surface area contributed by atoms with E-state index in [-0.39, 0.29) is 49.1 Å². The summed E-state index contributed by atoms with van der Waals surface area (Å²) in [4.78, 5) is 40.5. The summed E-state index contributed by atoms with van der Waals surface area (Å²) in [6.45, 7) is 2.78. The summed E-state index contributed by atoms with van der Waals surface area (Å²) < 4.78 is 27.2. The second kappa shape index (κ2) is 7.05. The SMILES string of the molecule is Cc1ccc(S(=O)(=O)N2CCN(C(=O)c3ccc4c(c3)C(=O)N(C)C4=O)CC2)s1. The van der Waals surface area contributed by atoms with Gasteiger partial charge in [-0.05, 0) is 37.3 Å². The highest BCUT2D eigenvalue weighted by atomic mass is 32.2. The van der Waals surface area contributed by atoms with Crippen molar-refractivity contribution in [3.8, 4) is 0 Å². The predicted octanol–water partition coefficient (Wildman–Crippen LogP) is 1.43. The van der Waals surface area contributed by atoms with Crippen LogP contribution in [0.2, 0.25) is 0 Å². The fourth-order valence-electron chi connectivity index (χ4n) is 3.49. The van der Waals surface area contributed by atoms with E-state index < -0.39 is 15.9 Å². The van der Waals surface area contributed by atoms with Gasteiger partial charge in [0, 0.05) is 43.7 Å². The van der Waals surface area contributed by atoms with Gasteiger partial charge < -0.3 is 4.90 Å². The summed E-state index contributed by atoms with van der Waals surface area (Å²) in [5.41, 5.74) is 0.819. The standard InChI is InChI=1S/C19H19N3O5S2/c1-12-3-6-16(28-12)29(26,27)22-9-7-21(8-10-22)17(23)13-4-5-14-15(11-13)19(25)20(2)18(14)24/h3-6,11H,7-10H2,1-2H3. The van der Waals surface area contributed by atoms with E-state index in [0.717, 1.165) is 9.78 Å². The number of rotatable bonds is 3. The normalized spacial score (nSPS) is 17.7. The number of hydrogen-bond acceptors (Lipinski definition) is 6. The van der Waals surface area contributed by atoms with Crippen LogP contribution in [0.3, 0.4) is 0 Å². The molecule has 2 aliphatic heterocycles. The topological polar surface area (TPSA) is 95.1 Å². The number of aryl methyl sites for hydroxylation is 1. The third-order valence-electron chi connectivity index (χ3n) is 5.17. The molecule has 1 fully saturated rings. The summed E-state index contributed by atoms with van der Waals surface area (Å²) in [6, 6.07) is 7.84. The zero-order valence-electron chi connectivity index (χ0n) is 15.9. The monoisotopic (exact) mass is 433 g/mol. The number of carbonyl (C=O) groups excluding carboxylic acids is 3. The van der Waals surface area contributed by atoms with E-state index in [4.69, 9.17) is 0 Å². The van der Waals surface area contributed by atoms with Gasteiger partial charge in [-0.3, -0.25) is 19.3 Å². The average molecular weight is 434 g/mol. The number of carbonyl (C=O) groups is 3. The maximum atomic E-state index is 12.8. The van der Waals surface area contributed by atoms with E-state index in [1.807, 2.05) is 6.92 Å². The molecule has 0 atom stereocenters. The Morgan fingerprint density at radius 1 is 0.966 bits per heavy atom. The molecule has 1 aromatic carbocycles. The fraction of sp³-hybridized carbons (Fsp3) is 0.316. The van der Waals surface area contributed by atoms with Gasteiger partial charge in [0.15, 0.2) is 0 Å². The highest BCUT2D eigenvalue weighted by Gasteiger charge is 2.35. The molecule has 152 valence electrons. The summed E-state index contributed by atoms with van der Waals surface area (Å²) in [6.07, 6.45) is 0. The van der Waals surface area contributed by atoms with Crippen LogP contribution in [0.15, 0.2) is 34.5 Å². The summed E-state index contributed by atoms with van der Waals surface area (Å²) in [7, 11) is -2.15. The van der Waals surface area contributed by atoms with Crippen molar-refractivity contribution in [2.75, 3.05) is 33.2 Å². The minimum Gasteiger partial charge on any atom is -0.336 e. The second-order valence-corrected chi connectivity index (χ2v) is 10.4. The molecular formula is C19H19N3O5S2. The maximum absolute atomic E-state index is 12.8. The van der Waals surface area contributed by atoms with E-state index in [1.54, 1.807) is 17.0 Å². The van der Waals surface area contributed by atoms with Crippen LogP contribution in [0.4, 0.5) is 0 Å². The average Bonchev–Trinajstić information content (AvgIpc) is 3.26. The van der Waals surface area contributed by atoms with Gasteiger partial charge in [0.05, 0.1) is 11.1 Å². The van der Waals surface area contributed by atoms with Gasteiger partial charge >= 0.3 is 0 Å². The fourth-order valence-corrected chi connectivity index (χ4v) is 6.35. The quantitative estimate of drug-likeness (QED) is 0.683. The van der Waals surface area contributed by atoms with Gasteiger partial charge in [0.2, 0.25) is 0 Å². The molecule has 0 N–H and O–H groups in total. The lowest BCUT2D eigenvalue weighted by atomic mass is 10.0. The van der Waals surface area contributed by atoms with Crippen molar-refractivity contribution in [3.05, 3.63) is 51.9 Å². The number of nitrogens with zero attached hydrogens (tertiary/aromatic N) is 3. The van der Waals surface area contributed by atoms with Crippen LogP contribution in [0.1, 0.15) is 36.0 Å². The lowest BCUT2D eigenvalue weighted by Crippen LogP contribution is -2.50. The molecule has 0 bridgehead atoms. The molecule has 3 amide bonds. The van der Waals surface area contributed by atoms with Crippen molar-refractivity contribution in [2.24, 2.45) is 0 Å². The second-order valence-electron chi connectivity index (χ2n) is 6.99. The van der Waals surface area contributed by atoms with E-state index in [9.17, 15) is 22.8 Å². The first-order valence-corrected chi connectivity index (χ1v) is 11.3. The Labute approximate surface area is 172 Å². The number of amides is 3. The number of piperazine rings is 1. The molecular weight excluding hydrogens is 414 g/mol. The lowest BCUT2D eigenvalue weighted by molar-refractivity contribution is 0.0688. The van der Waals surface area contributed by atoms with Crippen LogP contribution in [0.5, 0.6) is 0 Å². The van der Waals surface area contributed by atoms with Gasteiger partial charge in [-0.25, -0.2) is 8.42 Å². The van der Waals surface area contributed by atoms with Crippen LogP contribution in [-0.4, -0.2) is 73.5 Å². The van der Waals surface area contributed by atoms with Gasteiger partial charge in [-0.15, -0.1) is 11.3 Å². The Morgan fingerprint density at radius 2 is 1.62 bits per heavy atom. The summed E-state index contributed by atoms with van der Waals surface area (Å²) in [5, 5.41) is 0. The first kappa shape index (κ1) is 19.7. The molecule has 2 aromatic rings. The van der Waals surface area contributed by atoms with Crippen LogP contribution in [0, 0.1) is 6.92 Å². The number of fused-ring (bicyclic) bond motifs is 1. The third kappa shape index (κ3) is 3.26. The van der Waals surface area contributed by atoms with Crippen LogP contribution >= 0.6 is 11.3 Å². The van der Waals surface area contributed by atoms with Crippen LogP contribution in [-0.2, 0) is 10.0 Å². The minimum absolute atomic E-state index is 0.204. The van der Waals surface area contributed by atoms with Crippen molar-refractivity contribution >= 4 is 39.1 Å². The molecule has 8 nitrogen and oxygen atoms in total. The van der Waals surface area contributed by atoms with Crippen molar-refractivity contribution in [2.45, 2.75) is 11.1 Å². The first-order chi connectivity index (χ1) is 13.7. The highest BCUT2D eigenvalue weighted by Crippen LogP contribution is 2.26. The predicted molar refractivity (Wildman–Crippen MR) is 107 cm³/mol.